The molecule has 0 fully saturated rings. The molecule has 3 rings (SSSR count). The number of halogens is 1. The fraction of sp³-hybridized carbons (Fsp3) is 0. The lowest BCUT2D eigenvalue weighted by Crippen LogP contribution is -1.98. The van der Waals surface area contributed by atoms with Crippen LogP contribution in [0.25, 0.3) is 5.65 Å². The van der Waals surface area contributed by atoms with Crippen LogP contribution in [0.3, 0.4) is 0 Å². The van der Waals surface area contributed by atoms with Crippen LogP contribution in [-0.4, -0.2) is 26.0 Å². The van der Waals surface area contributed by atoms with Crippen molar-refractivity contribution in [1.82, 2.24) is 19.8 Å². The Kier molecular flexibility index (Phi) is 2.85. The highest BCUT2D eigenvalue weighted by atomic mass is 19.1. The van der Waals surface area contributed by atoms with Crippen LogP contribution in [0.1, 0.15) is 5.56 Å². The molecular formula is C12H9FN6. The zero-order valence-electron chi connectivity index (χ0n) is 9.73. The first-order chi connectivity index (χ1) is 9.31. The molecule has 1 aromatic carbocycles. The first-order valence-electron chi connectivity index (χ1n) is 5.53. The van der Waals surface area contributed by atoms with Crippen LogP contribution in [0.2, 0.25) is 0 Å². The summed E-state index contributed by atoms with van der Waals surface area (Å²) >= 11 is 0. The molecule has 0 aliphatic carbocycles. The van der Waals surface area contributed by atoms with Crippen molar-refractivity contribution in [3.8, 4) is 0 Å². The van der Waals surface area contributed by atoms with Crippen LogP contribution in [0.5, 0.6) is 0 Å². The van der Waals surface area contributed by atoms with E-state index in [1.807, 2.05) is 0 Å². The minimum atomic E-state index is -0.298. The second kappa shape index (κ2) is 4.81. The van der Waals surface area contributed by atoms with E-state index in [1.54, 1.807) is 24.3 Å². The Morgan fingerprint density at radius 2 is 2.21 bits per heavy atom. The highest BCUT2D eigenvalue weighted by Gasteiger charge is 1.97. The molecule has 7 heteroatoms. The summed E-state index contributed by atoms with van der Waals surface area (Å²) in [5.41, 5.74) is 4.07. The Hall–Kier alpha value is -2.83. The van der Waals surface area contributed by atoms with E-state index < -0.39 is 0 Å². The van der Waals surface area contributed by atoms with Gasteiger partial charge >= 0.3 is 0 Å². The van der Waals surface area contributed by atoms with Gasteiger partial charge in [0.15, 0.2) is 11.5 Å². The van der Waals surface area contributed by atoms with E-state index in [0.717, 1.165) is 0 Å². The van der Waals surface area contributed by atoms with Crippen molar-refractivity contribution in [3.63, 3.8) is 0 Å². The van der Waals surface area contributed by atoms with E-state index in [2.05, 4.69) is 25.8 Å². The highest BCUT2D eigenvalue weighted by Crippen LogP contribution is 2.04. The number of nitrogens with one attached hydrogen (secondary N) is 1. The molecule has 2 aromatic heterocycles. The number of benzene rings is 1. The van der Waals surface area contributed by atoms with Gasteiger partial charge in [0.1, 0.15) is 12.1 Å². The number of rotatable bonds is 3. The average molecular weight is 256 g/mol. The van der Waals surface area contributed by atoms with Gasteiger partial charge in [-0.05, 0) is 29.8 Å². The maximum Gasteiger partial charge on any atom is 0.177 e. The Morgan fingerprint density at radius 3 is 3.11 bits per heavy atom. The quantitative estimate of drug-likeness (QED) is 0.572. The second-order valence-corrected chi connectivity index (χ2v) is 3.78. The van der Waals surface area contributed by atoms with Crippen molar-refractivity contribution in [1.29, 1.82) is 0 Å². The number of hydrogen-bond donors (Lipinski definition) is 1. The number of fused-ring (bicyclic) bond motifs is 1. The maximum atomic E-state index is 12.9. The highest BCUT2D eigenvalue weighted by molar-refractivity contribution is 5.79. The third-order valence-electron chi connectivity index (χ3n) is 2.40. The van der Waals surface area contributed by atoms with E-state index in [-0.39, 0.29) is 5.82 Å². The Bertz CT molecular complexity index is 736. The minimum absolute atomic E-state index is 0.298. The van der Waals surface area contributed by atoms with E-state index in [1.165, 1.54) is 29.2 Å². The largest absolute Gasteiger partial charge is 0.260 e. The van der Waals surface area contributed by atoms with Gasteiger partial charge in [0, 0.05) is 0 Å². The summed E-state index contributed by atoms with van der Waals surface area (Å²) in [6.45, 7) is 0. The van der Waals surface area contributed by atoms with E-state index in [0.29, 0.717) is 17.0 Å². The topological polar surface area (TPSA) is 67.5 Å². The van der Waals surface area contributed by atoms with Gasteiger partial charge in [0.2, 0.25) is 0 Å². The number of hydrogen-bond acceptors (Lipinski definition) is 5. The molecule has 0 radical (unpaired) electrons. The van der Waals surface area contributed by atoms with Gasteiger partial charge in [-0.25, -0.2) is 4.39 Å². The van der Waals surface area contributed by atoms with Crippen LogP contribution in [0.15, 0.2) is 47.8 Å². The molecule has 0 saturated carbocycles. The average Bonchev–Trinajstić information content (AvgIpc) is 2.86. The standard InChI is InChI=1S/C12H9FN6/c13-10-3-1-2-9(6-10)7-14-16-11-4-5-12-17-15-8-19(12)18-11/h1-8H,(H,16,18)/b14-7+. The van der Waals surface area contributed by atoms with Gasteiger partial charge in [-0.3, -0.25) is 5.43 Å². The molecule has 3 aromatic rings. The normalized spacial score (nSPS) is 11.2. The van der Waals surface area contributed by atoms with E-state index in [9.17, 15) is 4.39 Å². The molecule has 0 amide bonds. The summed E-state index contributed by atoms with van der Waals surface area (Å²) in [4.78, 5) is 0. The van der Waals surface area contributed by atoms with Crippen LogP contribution in [0.4, 0.5) is 10.2 Å². The Morgan fingerprint density at radius 1 is 1.26 bits per heavy atom. The molecule has 0 atom stereocenters. The summed E-state index contributed by atoms with van der Waals surface area (Å²) in [6, 6.07) is 9.64. The molecule has 94 valence electrons. The molecule has 0 aliphatic heterocycles. The van der Waals surface area contributed by atoms with E-state index in [4.69, 9.17) is 0 Å². The first kappa shape index (κ1) is 11.3. The summed E-state index contributed by atoms with van der Waals surface area (Å²) in [6.07, 6.45) is 3.01. The smallest absolute Gasteiger partial charge is 0.177 e. The van der Waals surface area contributed by atoms with Gasteiger partial charge in [-0.1, -0.05) is 12.1 Å². The third-order valence-corrected chi connectivity index (χ3v) is 2.40. The van der Waals surface area contributed by atoms with Crippen molar-refractivity contribution in [2.24, 2.45) is 5.10 Å². The van der Waals surface area contributed by atoms with Gasteiger partial charge in [-0.2, -0.15) is 9.62 Å². The SMILES string of the molecule is Fc1cccc(/C=N/Nc2ccc3nncn3n2)c1. The lowest BCUT2D eigenvalue weighted by Gasteiger charge is -1.99. The maximum absolute atomic E-state index is 12.9. The Labute approximate surface area is 107 Å². The number of nitrogens with zero attached hydrogens (tertiary/aromatic N) is 5. The Balaban J connectivity index is 1.74. The molecule has 1 N–H and O–H groups in total. The molecule has 0 unspecified atom stereocenters. The summed E-state index contributed by atoms with van der Waals surface area (Å²) in [7, 11) is 0. The predicted molar refractivity (Wildman–Crippen MR) is 68.4 cm³/mol. The summed E-state index contributed by atoms with van der Waals surface area (Å²) in [5.74, 6) is 0.243. The molecule has 6 nitrogen and oxygen atoms in total. The molecule has 0 spiro atoms. The third kappa shape index (κ3) is 2.54. The van der Waals surface area contributed by atoms with Crippen LogP contribution >= 0.6 is 0 Å². The van der Waals surface area contributed by atoms with Crippen LogP contribution in [-0.2, 0) is 0 Å². The molecule has 2 heterocycles. The summed E-state index contributed by atoms with van der Waals surface area (Å²) < 4.78 is 14.5. The van der Waals surface area contributed by atoms with Gasteiger partial charge in [0.05, 0.1) is 6.21 Å². The predicted octanol–water partition coefficient (Wildman–Crippen LogP) is 1.71. The van der Waals surface area contributed by atoms with Crippen LogP contribution < -0.4 is 5.43 Å². The molecule has 0 aliphatic rings. The van der Waals surface area contributed by atoms with Crippen molar-refractivity contribution >= 4 is 17.7 Å². The summed E-state index contributed by atoms with van der Waals surface area (Å²) in [5, 5.41) is 15.7. The minimum Gasteiger partial charge on any atom is -0.260 e. The monoisotopic (exact) mass is 256 g/mol. The van der Waals surface area contributed by atoms with Gasteiger partial charge < -0.3 is 0 Å². The van der Waals surface area contributed by atoms with Gasteiger partial charge in [0.25, 0.3) is 0 Å². The lowest BCUT2D eigenvalue weighted by molar-refractivity contribution is 0.627. The number of anilines is 1. The second-order valence-electron chi connectivity index (χ2n) is 3.78. The zero-order valence-corrected chi connectivity index (χ0v) is 9.73. The molecule has 0 saturated heterocycles. The van der Waals surface area contributed by atoms with Crippen molar-refractivity contribution in [2.75, 3.05) is 5.43 Å². The fourth-order valence-corrected chi connectivity index (χ4v) is 1.55. The van der Waals surface area contributed by atoms with Crippen molar-refractivity contribution in [2.45, 2.75) is 0 Å². The number of hydrazone groups is 1. The number of aromatic nitrogens is 4. The first-order valence-corrected chi connectivity index (χ1v) is 5.53. The van der Waals surface area contributed by atoms with Crippen molar-refractivity contribution in [3.05, 3.63) is 54.1 Å². The molecule has 19 heavy (non-hydrogen) atoms. The van der Waals surface area contributed by atoms with Gasteiger partial charge in [-0.15, -0.1) is 15.3 Å². The van der Waals surface area contributed by atoms with Crippen molar-refractivity contribution < 1.29 is 4.39 Å². The molecule has 0 bridgehead atoms. The molecular weight excluding hydrogens is 247 g/mol. The lowest BCUT2D eigenvalue weighted by atomic mass is 10.2. The van der Waals surface area contributed by atoms with Crippen LogP contribution in [0, 0.1) is 5.82 Å². The zero-order chi connectivity index (χ0) is 13.1. The fourth-order valence-electron chi connectivity index (χ4n) is 1.55. The van der Waals surface area contributed by atoms with E-state index >= 15 is 0 Å².